The molecule has 0 atom stereocenters. The van der Waals surface area contributed by atoms with Crippen LogP contribution >= 0.6 is 0 Å². The lowest BCUT2D eigenvalue weighted by Crippen LogP contribution is -2.17. The SMILES string of the molecule is CCn1cnc2c(NCCC(=O)Nc3ncc[nH]3)ncnc21. The predicted molar refractivity (Wildman–Crippen MR) is 81.3 cm³/mol. The molecule has 0 aliphatic heterocycles. The zero-order valence-corrected chi connectivity index (χ0v) is 12.1. The number of carbonyl (C=O) groups is 1. The van der Waals surface area contributed by atoms with Gasteiger partial charge in [-0.2, -0.15) is 0 Å². The van der Waals surface area contributed by atoms with Crippen molar-refractivity contribution in [3.8, 4) is 0 Å². The van der Waals surface area contributed by atoms with Crippen LogP contribution in [0.1, 0.15) is 13.3 Å². The van der Waals surface area contributed by atoms with Crippen molar-refractivity contribution in [2.75, 3.05) is 17.2 Å². The van der Waals surface area contributed by atoms with Crippen molar-refractivity contribution < 1.29 is 4.79 Å². The molecule has 1 amide bonds. The topological polar surface area (TPSA) is 113 Å². The summed E-state index contributed by atoms with van der Waals surface area (Å²) in [5.41, 5.74) is 1.48. The maximum Gasteiger partial charge on any atom is 0.228 e. The number of aryl methyl sites for hydroxylation is 1. The number of aromatic amines is 1. The molecule has 0 aromatic carbocycles. The minimum atomic E-state index is -0.133. The minimum Gasteiger partial charge on any atom is -0.368 e. The molecule has 3 heterocycles. The lowest BCUT2D eigenvalue weighted by atomic mass is 10.4. The Balaban J connectivity index is 1.60. The first-order chi connectivity index (χ1) is 10.8. The van der Waals surface area contributed by atoms with Gasteiger partial charge >= 0.3 is 0 Å². The van der Waals surface area contributed by atoms with E-state index >= 15 is 0 Å². The Kier molecular flexibility index (Phi) is 3.95. The summed E-state index contributed by atoms with van der Waals surface area (Å²) in [5, 5.41) is 5.78. The fourth-order valence-electron chi connectivity index (χ4n) is 2.06. The van der Waals surface area contributed by atoms with E-state index in [1.54, 1.807) is 18.7 Å². The summed E-state index contributed by atoms with van der Waals surface area (Å²) in [7, 11) is 0. The van der Waals surface area contributed by atoms with Crippen molar-refractivity contribution in [1.82, 2.24) is 29.5 Å². The number of fused-ring (bicyclic) bond motifs is 1. The van der Waals surface area contributed by atoms with Crippen molar-refractivity contribution >= 4 is 28.8 Å². The van der Waals surface area contributed by atoms with Crippen LogP contribution in [0.25, 0.3) is 11.2 Å². The molecular formula is C13H16N8O. The highest BCUT2D eigenvalue weighted by Crippen LogP contribution is 2.16. The molecule has 0 saturated carbocycles. The van der Waals surface area contributed by atoms with Gasteiger partial charge in [-0.1, -0.05) is 0 Å². The van der Waals surface area contributed by atoms with Gasteiger partial charge in [-0.05, 0) is 6.92 Å². The van der Waals surface area contributed by atoms with E-state index in [9.17, 15) is 4.79 Å². The van der Waals surface area contributed by atoms with Gasteiger partial charge in [0.05, 0.1) is 6.33 Å². The van der Waals surface area contributed by atoms with Crippen LogP contribution in [-0.4, -0.2) is 41.9 Å². The van der Waals surface area contributed by atoms with Crippen molar-refractivity contribution in [2.45, 2.75) is 19.9 Å². The molecular weight excluding hydrogens is 284 g/mol. The maximum atomic E-state index is 11.8. The van der Waals surface area contributed by atoms with Gasteiger partial charge in [0.1, 0.15) is 11.8 Å². The van der Waals surface area contributed by atoms with Crippen LogP contribution in [0.4, 0.5) is 11.8 Å². The van der Waals surface area contributed by atoms with Gasteiger partial charge in [-0.15, -0.1) is 0 Å². The molecule has 22 heavy (non-hydrogen) atoms. The van der Waals surface area contributed by atoms with Crippen LogP contribution in [0.5, 0.6) is 0 Å². The largest absolute Gasteiger partial charge is 0.368 e. The molecule has 3 aromatic heterocycles. The number of hydrogen-bond donors (Lipinski definition) is 3. The van der Waals surface area contributed by atoms with Crippen molar-refractivity contribution in [3.05, 3.63) is 25.0 Å². The van der Waals surface area contributed by atoms with Crippen LogP contribution < -0.4 is 10.6 Å². The lowest BCUT2D eigenvalue weighted by Gasteiger charge is -2.06. The second-order valence-electron chi connectivity index (χ2n) is 4.59. The number of rotatable bonds is 6. The van der Waals surface area contributed by atoms with Crippen LogP contribution in [-0.2, 0) is 11.3 Å². The quantitative estimate of drug-likeness (QED) is 0.626. The summed E-state index contributed by atoms with van der Waals surface area (Å²) < 4.78 is 1.94. The molecule has 0 fully saturated rings. The number of carbonyl (C=O) groups excluding carboxylic acids is 1. The van der Waals surface area contributed by atoms with E-state index in [0.717, 1.165) is 12.2 Å². The van der Waals surface area contributed by atoms with E-state index < -0.39 is 0 Å². The summed E-state index contributed by atoms with van der Waals surface area (Å²) in [4.78, 5) is 31.2. The number of nitrogens with one attached hydrogen (secondary N) is 3. The molecule has 0 saturated heterocycles. The van der Waals surface area contributed by atoms with E-state index in [1.807, 2.05) is 11.5 Å². The Morgan fingerprint density at radius 3 is 3.00 bits per heavy atom. The monoisotopic (exact) mass is 300 g/mol. The third-order valence-electron chi connectivity index (χ3n) is 3.14. The van der Waals surface area contributed by atoms with Crippen LogP contribution in [0, 0.1) is 0 Å². The van der Waals surface area contributed by atoms with Gasteiger partial charge < -0.3 is 14.9 Å². The van der Waals surface area contributed by atoms with Crippen molar-refractivity contribution in [1.29, 1.82) is 0 Å². The molecule has 9 nitrogen and oxygen atoms in total. The minimum absolute atomic E-state index is 0.133. The number of anilines is 2. The highest BCUT2D eigenvalue weighted by molar-refractivity contribution is 5.89. The fourth-order valence-corrected chi connectivity index (χ4v) is 2.06. The van der Waals surface area contributed by atoms with Gasteiger partial charge in [-0.25, -0.2) is 19.9 Å². The number of H-pyrrole nitrogens is 1. The number of aromatic nitrogens is 6. The van der Waals surface area contributed by atoms with Crippen LogP contribution in [0.2, 0.25) is 0 Å². The van der Waals surface area contributed by atoms with Crippen LogP contribution in [0.15, 0.2) is 25.0 Å². The molecule has 114 valence electrons. The molecule has 3 rings (SSSR count). The Morgan fingerprint density at radius 2 is 2.23 bits per heavy atom. The number of imidazole rings is 2. The standard InChI is InChI=1S/C13H16N8O/c1-2-21-8-19-10-11(17-7-18-12(10)21)14-4-3-9(22)20-13-15-5-6-16-13/h5-8H,2-4H2,1H3,(H,14,17,18)(H2,15,16,20,22). The van der Waals surface area contributed by atoms with E-state index in [2.05, 4.69) is 35.6 Å². The molecule has 0 aliphatic carbocycles. The first kappa shape index (κ1) is 14.0. The third-order valence-corrected chi connectivity index (χ3v) is 3.14. The first-order valence-corrected chi connectivity index (χ1v) is 6.97. The van der Waals surface area contributed by atoms with E-state index in [1.165, 1.54) is 6.33 Å². The number of amides is 1. The third kappa shape index (κ3) is 2.87. The van der Waals surface area contributed by atoms with Gasteiger partial charge in [-0.3, -0.25) is 10.1 Å². The van der Waals surface area contributed by atoms with E-state index in [0.29, 0.717) is 30.2 Å². The second-order valence-corrected chi connectivity index (χ2v) is 4.59. The summed E-state index contributed by atoms with van der Waals surface area (Å²) in [6.45, 7) is 3.26. The summed E-state index contributed by atoms with van der Waals surface area (Å²) >= 11 is 0. The van der Waals surface area contributed by atoms with Gasteiger partial charge in [0.15, 0.2) is 11.5 Å². The Bertz CT molecular complexity index is 764. The van der Waals surface area contributed by atoms with E-state index in [-0.39, 0.29) is 5.91 Å². The van der Waals surface area contributed by atoms with Gasteiger partial charge in [0, 0.05) is 31.9 Å². The maximum absolute atomic E-state index is 11.8. The van der Waals surface area contributed by atoms with Crippen LogP contribution in [0.3, 0.4) is 0 Å². The first-order valence-electron chi connectivity index (χ1n) is 6.97. The lowest BCUT2D eigenvalue weighted by molar-refractivity contribution is -0.116. The highest BCUT2D eigenvalue weighted by atomic mass is 16.1. The molecule has 3 aromatic rings. The molecule has 0 radical (unpaired) electrons. The Morgan fingerprint density at radius 1 is 1.32 bits per heavy atom. The molecule has 0 spiro atoms. The van der Waals surface area contributed by atoms with E-state index in [4.69, 9.17) is 0 Å². The number of nitrogens with zero attached hydrogens (tertiary/aromatic N) is 5. The average molecular weight is 300 g/mol. The normalized spacial score (nSPS) is 10.8. The van der Waals surface area contributed by atoms with Gasteiger partial charge in [0.2, 0.25) is 11.9 Å². The highest BCUT2D eigenvalue weighted by Gasteiger charge is 2.09. The van der Waals surface area contributed by atoms with Crippen molar-refractivity contribution in [3.63, 3.8) is 0 Å². The number of hydrogen-bond acceptors (Lipinski definition) is 6. The zero-order chi connectivity index (χ0) is 15.4. The summed E-state index contributed by atoms with van der Waals surface area (Å²) in [6.07, 6.45) is 6.74. The zero-order valence-electron chi connectivity index (χ0n) is 12.1. The Hall–Kier alpha value is -2.97. The smallest absolute Gasteiger partial charge is 0.228 e. The molecule has 3 N–H and O–H groups in total. The molecule has 9 heteroatoms. The molecule has 0 unspecified atom stereocenters. The fraction of sp³-hybridized carbons (Fsp3) is 0.308. The Labute approximate surface area is 126 Å². The summed E-state index contributed by atoms with van der Waals surface area (Å²) in [6, 6.07) is 0. The van der Waals surface area contributed by atoms with Gasteiger partial charge in [0.25, 0.3) is 0 Å². The second kappa shape index (κ2) is 6.20. The molecule has 0 bridgehead atoms. The predicted octanol–water partition coefficient (Wildman–Crippen LogP) is 1.01. The molecule has 0 aliphatic rings. The van der Waals surface area contributed by atoms with Crippen molar-refractivity contribution in [2.24, 2.45) is 0 Å². The average Bonchev–Trinajstić information content (AvgIpc) is 3.16. The summed E-state index contributed by atoms with van der Waals surface area (Å²) in [5.74, 6) is 0.936.